The van der Waals surface area contributed by atoms with Crippen LogP contribution in [0.1, 0.15) is 20.8 Å². The van der Waals surface area contributed by atoms with Gasteiger partial charge in [0, 0.05) is 23.7 Å². The molecule has 0 aliphatic rings. The predicted octanol–water partition coefficient (Wildman–Crippen LogP) is 3.62. The second-order valence-electron chi connectivity index (χ2n) is 4.32. The van der Waals surface area contributed by atoms with Crippen molar-refractivity contribution >= 4 is 17.7 Å². The van der Waals surface area contributed by atoms with Crippen LogP contribution in [0.4, 0.5) is 0 Å². The highest BCUT2D eigenvalue weighted by Gasteiger charge is 2.35. The van der Waals surface area contributed by atoms with E-state index in [2.05, 4.69) is 6.58 Å². The van der Waals surface area contributed by atoms with E-state index in [0.717, 1.165) is 4.90 Å². The van der Waals surface area contributed by atoms with Crippen LogP contribution < -0.4 is 0 Å². The molecule has 0 saturated carbocycles. The highest BCUT2D eigenvalue weighted by Crippen LogP contribution is 2.35. The van der Waals surface area contributed by atoms with E-state index in [0.29, 0.717) is 18.8 Å². The van der Waals surface area contributed by atoms with Gasteiger partial charge in [-0.05, 0) is 32.9 Å². The maximum Gasteiger partial charge on any atom is 0.333 e. The number of esters is 1. The Kier molecular flexibility index (Phi) is 7.50. The van der Waals surface area contributed by atoms with E-state index >= 15 is 0 Å². The van der Waals surface area contributed by atoms with Gasteiger partial charge in [-0.15, -0.1) is 0 Å². The van der Waals surface area contributed by atoms with Gasteiger partial charge in [-0.25, -0.2) is 4.79 Å². The van der Waals surface area contributed by atoms with Crippen LogP contribution in [0.2, 0.25) is 0 Å². The average molecular weight is 310 g/mol. The molecule has 0 fully saturated rings. The van der Waals surface area contributed by atoms with Crippen molar-refractivity contribution in [3.63, 3.8) is 0 Å². The summed E-state index contributed by atoms with van der Waals surface area (Å²) in [5.41, 5.74) is 0.349. The molecule has 1 rings (SSSR count). The summed E-state index contributed by atoms with van der Waals surface area (Å²) in [7, 11) is 0. The molecule has 0 saturated heterocycles. The van der Waals surface area contributed by atoms with Crippen LogP contribution in [-0.4, -0.2) is 30.9 Å². The zero-order valence-corrected chi connectivity index (χ0v) is 13.6. The zero-order valence-electron chi connectivity index (χ0n) is 12.8. The molecule has 0 aliphatic carbocycles. The third-order valence-corrected chi connectivity index (χ3v) is 3.65. The first-order valence-corrected chi connectivity index (χ1v) is 7.69. The maximum absolute atomic E-state index is 11.6. The monoisotopic (exact) mass is 310 g/mol. The first-order valence-electron chi connectivity index (χ1n) is 6.87. The minimum Gasteiger partial charge on any atom is -0.456 e. The Morgan fingerprint density at radius 1 is 1.19 bits per heavy atom. The minimum absolute atomic E-state index is 0.0000652. The lowest BCUT2D eigenvalue weighted by atomic mass is 10.4. The van der Waals surface area contributed by atoms with Crippen LogP contribution in [-0.2, 0) is 19.0 Å². The maximum atomic E-state index is 11.6. The standard InChI is InChI=1S/C16H22O4S/c1-5-19-16(20-6-2,12-18-15(17)13(3)4)21-14-10-8-7-9-11-14/h7-11H,3,5-6,12H2,1-2,4H3. The summed E-state index contributed by atoms with van der Waals surface area (Å²) >= 11 is 1.39. The molecular weight excluding hydrogens is 288 g/mol. The van der Waals surface area contributed by atoms with Gasteiger partial charge in [-0.3, -0.25) is 0 Å². The van der Waals surface area contributed by atoms with Gasteiger partial charge in [0.2, 0.25) is 0 Å². The SMILES string of the molecule is C=C(C)C(=O)OCC(OCC)(OCC)Sc1ccccc1. The molecule has 0 atom stereocenters. The van der Waals surface area contributed by atoms with Crippen LogP contribution in [0.15, 0.2) is 47.4 Å². The lowest BCUT2D eigenvalue weighted by Crippen LogP contribution is -2.38. The van der Waals surface area contributed by atoms with Gasteiger partial charge in [-0.1, -0.05) is 36.5 Å². The van der Waals surface area contributed by atoms with Gasteiger partial charge >= 0.3 is 5.97 Å². The Morgan fingerprint density at radius 2 is 1.76 bits per heavy atom. The van der Waals surface area contributed by atoms with E-state index < -0.39 is 11.1 Å². The number of hydrogen-bond acceptors (Lipinski definition) is 5. The summed E-state index contributed by atoms with van der Waals surface area (Å²) in [5, 5.41) is -1.05. The summed E-state index contributed by atoms with van der Waals surface area (Å²) in [6, 6.07) is 9.72. The van der Waals surface area contributed by atoms with Crippen LogP contribution >= 0.6 is 11.8 Å². The van der Waals surface area contributed by atoms with Gasteiger partial charge in [0.25, 0.3) is 5.12 Å². The molecule has 0 N–H and O–H groups in total. The fraction of sp³-hybridized carbons (Fsp3) is 0.438. The molecule has 0 amide bonds. The molecule has 1 aromatic carbocycles. The highest BCUT2D eigenvalue weighted by atomic mass is 32.2. The van der Waals surface area contributed by atoms with Gasteiger partial charge in [0.05, 0.1) is 0 Å². The smallest absolute Gasteiger partial charge is 0.333 e. The number of carbonyl (C=O) groups is 1. The first-order chi connectivity index (χ1) is 10.0. The molecular formula is C16H22O4S. The van der Waals surface area contributed by atoms with Crippen molar-refractivity contribution in [2.75, 3.05) is 19.8 Å². The molecule has 4 nitrogen and oxygen atoms in total. The lowest BCUT2D eigenvalue weighted by Gasteiger charge is -2.31. The summed E-state index contributed by atoms with van der Waals surface area (Å²) < 4.78 is 16.7. The third-order valence-electron chi connectivity index (χ3n) is 2.47. The summed E-state index contributed by atoms with van der Waals surface area (Å²) in [5.74, 6) is -0.451. The molecule has 0 radical (unpaired) electrons. The van der Waals surface area contributed by atoms with Crippen molar-refractivity contribution in [1.82, 2.24) is 0 Å². The fourth-order valence-corrected chi connectivity index (χ4v) is 2.72. The van der Waals surface area contributed by atoms with Crippen molar-refractivity contribution in [2.24, 2.45) is 0 Å². The molecule has 0 unspecified atom stereocenters. The minimum atomic E-state index is -1.05. The van der Waals surface area contributed by atoms with E-state index in [1.54, 1.807) is 6.92 Å². The topological polar surface area (TPSA) is 44.8 Å². The Hall–Kier alpha value is -1.30. The van der Waals surface area contributed by atoms with E-state index in [-0.39, 0.29) is 6.61 Å². The van der Waals surface area contributed by atoms with Crippen molar-refractivity contribution in [2.45, 2.75) is 30.8 Å². The Morgan fingerprint density at radius 3 is 2.24 bits per heavy atom. The molecule has 0 heterocycles. The van der Waals surface area contributed by atoms with Crippen LogP contribution in [0, 0.1) is 0 Å². The largest absolute Gasteiger partial charge is 0.456 e. The number of benzene rings is 1. The van der Waals surface area contributed by atoms with Crippen molar-refractivity contribution in [1.29, 1.82) is 0 Å². The molecule has 1 aromatic rings. The fourth-order valence-electron chi connectivity index (χ4n) is 1.60. The van der Waals surface area contributed by atoms with Crippen molar-refractivity contribution in [3.8, 4) is 0 Å². The van der Waals surface area contributed by atoms with Gasteiger partial charge < -0.3 is 14.2 Å². The molecule has 0 aromatic heterocycles. The Bertz CT molecular complexity index is 453. The second-order valence-corrected chi connectivity index (χ2v) is 5.62. The number of carbonyl (C=O) groups excluding carboxylic acids is 1. The third kappa shape index (κ3) is 5.91. The molecule has 116 valence electrons. The van der Waals surface area contributed by atoms with E-state index in [1.807, 2.05) is 44.2 Å². The second kappa shape index (κ2) is 8.87. The summed E-state index contributed by atoms with van der Waals surface area (Å²) in [6.07, 6.45) is 0. The normalized spacial score (nSPS) is 11.2. The quantitative estimate of drug-likeness (QED) is 0.302. The Labute approximate surface area is 130 Å². The van der Waals surface area contributed by atoms with Crippen molar-refractivity contribution in [3.05, 3.63) is 42.5 Å². The van der Waals surface area contributed by atoms with Gasteiger partial charge in [0.15, 0.2) is 6.61 Å². The van der Waals surface area contributed by atoms with E-state index in [9.17, 15) is 4.79 Å². The molecule has 0 spiro atoms. The zero-order chi connectivity index (χ0) is 15.7. The number of rotatable bonds is 9. The van der Waals surface area contributed by atoms with Gasteiger partial charge in [0.1, 0.15) is 0 Å². The van der Waals surface area contributed by atoms with Crippen LogP contribution in [0.3, 0.4) is 0 Å². The highest BCUT2D eigenvalue weighted by molar-refractivity contribution is 8.00. The van der Waals surface area contributed by atoms with Gasteiger partial charge in [-0.2, -0.15) is 0 Å². The van der Waals surface area contributed by atoms with Crippen LogP contribution in [0.5, 0.6) is 0 Å². The van der Waals surface area contributed by atoms with Crippen molar-refractivity contribution < 1.29 is 19.0 Å². The lowest BCUT2D eigenvalue weighted by molar-refractivity contribution is -0.197. The van der Waals surface area contributed by atoms with E-state index in [4.69, 9.17) is 14.2 Å². The molecule has 5 heteroatoms. The number of ether oxygens (including phenoxy) is 3. The average Bonchev–Trinajstić information content (AvgIpc) is 2.46. The molecule has 21 heavy (non-hydrogen) atoms. The first kappa shape index (κ1) is 17.8. The Balaban J connectivity index is 2.86. The number of hydrogen-bond donors (Lipinski definition) is 0. The number of thioether (sulfide) groups is 1. The van der Waals surface area contributed by atoms with Crippen LogP contribution in [0.25, 0.3) is 0 Å². The van der Waals surface area contributed by atoms with E-state index in [1.165, 1.54) is 11.8 Å². The summed E-state index contributed by atoms with van der Waals surface area (Å²) in [6.45, 7) is 9.82. The predicted molar refractivity (Wildman–Crippen MR) is 84.1 cm³/mol. The molecule has 0 aliphatic heterocycles. The molecule has 0 bridgehead atoms. The summed E-state index contributed by atoms with van der Waals surface area (Å²) in [4.78, 5) is 12.6.